The van der Waals surface area contributed by atoms with E-state index in [1.165, 1.54) is 16.7 Å². The lowest BCUT2D eigenvalue weighted by atomic mass is 10.0. The van der Waals surface area contributed by atoms with Gasteiger partial charge in [-0.2, -0.15) is 0 Å². The zero-order valence-corrected chi connectivity index (χ0v) is 19.7. The molecule has 2 aliphatic heterocycles. The number of nitrogens with zero attached hydrogens (tertiary/aromatic N) is 4. The van der Waals surface area contributed by atoms with Crippen molar-refractivity contribution in [2.45, 2.75) is 64.0 Å². The maximum atomic E-state index is 14.0. The van der Waals surface area contributed by atoms with Crippen molar-refractivity contribution in [3.8, 4) is 5.75 Å². The molecule has 1 unspecified atom stereocenters. The largest absolute Gasteiger partial charge is 0.501 e. The molecular formula is C25H31FN4O4. The van der Waals surface area contributed by atoms with Crippen molar-refractivity contribution in [2.24, 2.45) is 0 Å². The molecule has 0 fully saturated rings. The van der Waals surface area contributed by atoms with Gasteiger partial charge in [0.2, 0.25) is 11.7 Å². The Kier molecular flexibility index (Phi) is 7.00. The lowest BCUT2D eigenvalue weighted by Gasteiger charge is -2.29. The Labute approximate surface area is 198 Å². The summed E-state index contributed by atoms with van der Waals surface area (Å²) in [6, 6.07) is 4.02. The molecule has 1 atom stereocenters. The first-order chi connectivity index (χ1) is 16.3. The zero-order valence-electron chi connectivity index (χ0n) is 19.7. The Bertz CT molecular complexity index is 1160. The van der Waals surface area contributed by atoms with E-state index < -0.39 is 23.1 Å². The third-order valence-corrected chi connectivity index (χ3v) is 6.92. The molecule has 1 aromatic carbocycles. The van der Waals surface area contributed by atoms with Gasteiger partial charge in [-0.25, -0.2) is 9.37 Å². The van der Waals surface area contributed by atoms with E-state index >= 15 is 0 Å². The summed E-state index contributed by atoms with van der Waals surface area (Å²) in [6.07, 6.45) is 4.24. The maximum Gasteiger partial charge on any atom is 0.296 e. The number of aromatic hydroxyl groups is 1. The van der Waals surface area contributed by atoms with Gasteiger partial charge in [0.05, 0.1) is 6.04 Å². The first-order valence-corrected chi connectivity index (χ1v) is 11.9. The Balaban J connectivity index is 1.78. The van der Waals surface area contributed by atoms with Crippen LogP contribution in [0.25, 0.3) is 0 Å². The molecule has 8 nitrogen and oxygen atoms in total. The van der Waals surface area contributed by atoms with Crippen molar-refractivity contribution in [3.05, 3.63) is 51.5 Å². The van der Waals surface area contributed by atoms with Gasteiger partial charge in [0, 0.05) is 45.7 Å². The number of fused-ring (bicyclic) bond motifs is 2. The molecule has 3 heterocycles. The normalized spacial score (nSPS) is 20.1. The number of anilines is 1. The van der Waals surface area contributed by atoms with Crippen LogP contribution in [0.4, 0.5) is 10.1 Å². The SMILES string of the molecule is CN1CCCCC(=O)N(C)C2CCCCn3c2nc(c(O)c3=O)C(=O)CCc2ccc(F)cc21. The third-order valence-electron chi connectivity index (χ3n) is 6.92. The summed E-state index contributed by atoms with van der Waals surface area (Å²) in [5.41, 5.74) is 0.573. The van der Waals surface area contributed by atoms with Gasteiger partial charge >= 0.3 is 0 Å². The van der Waals surface area contributed by atoms with E-state index in [4.69, 9.17) is 0 Å². The van der Waals surface area contributed by atoms with E-state index in [2.05, 4.69) is 4.98 Å². The number of amides is 1. The Hall–Kier alpha value is -3.23. The number of aryl methyl sites for hydroxylation is 1. The van der Waals surface area contributed by atoms with Gasteiger partial charge in [0.1, 0.15) is 11.6 Å². The highest BCUT2D eigenvalue weighted by Gasteiger charge is 2.31. The van der Waals surface area contributed by atoms with Gasteiger partial charge in [-0.3, -0.25) is 19.0 Å². The van der Waals surface area contributed by atoms with E-state index in [0.29, 0.717) is 50.3 Å². The molecule has 1 N–H and O–H groups in total. The first-order valence-electron chi connectivity index (χ1n) is 11.9. The molecule has 0 aliphatic carbocycles. The summed E-state index contributed by atoms with van der Waals surface area (Å²) < 4.78 is 15.4. The van der Waals surface area contributed by atoms with E-state index in [-0.39, 0.29) is 23.8 Å². The average Bonchev–Trinajstić information content (AvgIpc) is 3.04. The molecule has 1 aromatic heterocycles. The quantitative estimate of drug-likeness (QED) is 0.635. The van der Waals surface area contributed by atoms with Gasteiger partial charge in [-0.15, -0.1) is 0 Å². The van der Waals surface area contributed by atoms with E-state index in [9.17, 15) is 23.9 Å². The van der Waals surface area contributed by atoms with Crippen molar-refractivity contribution in [2.75, 3.05) is 25.5 Å². The van der Waals surface area contributed by atoms with Crippen molar-refractivity contribution < 1.29 is 19.1 Å². The van der Waals surface area contributed by atoms with Crippen LogP contribution >= 0.6 is 0 Å². The monoisotopic (exact) mass is 470 g/mol. The molecule has 182 valence electrons. The van der Waals surface area contributed by atoms with Crippen molar-refractivity contribution in [3.63, 3.8) is 0 Å². The number of halogens is 1. The molecule has 0 saturated heterocycles. The summed E-state index contributed by atoms with van der Waals surface area (Å²) in [4.78, 5) is 47.1. The fraction of sp³-hybridized carbons (Fsp3) is 0.520. The number of hydrogen-bond donors (Lipinski definition) is 1. The molecule has 1 amide bonds. The van der Waals surface area contributed by atoms with Crippen LogP contribution < -0.4 is 10.5 Å². The van der Waals surface area contributed by atoms with Crippen LogP contribution in [-0.2, 0) is 17.8 Å². The van der Waals surface area contributed by atoms with E-state index in [1.807, 2.05) is 11.9 Å². The van der Waals surface area contributed by atoms with Crippen LogP contribution in [-0.4, -0.2) is 51.9 Å². The highest BCUT2D eigenvalue weighted by atomic mass is 19.1. The number of carbonyl (C=O) groups is 2. The van der Waals surface area contributed by atoms with Crippen LogP contribution in [0.1, 0.15) is 72.9 Å². The molecule has 9 heteroatoms. The molecule has 34 heavy (non-hydrogen) atoms. The molecule has 0 saturated carbocycles. The average molecular weight is 471 g/mol. The first kappa shape index (κ1) is 23.9. The standard InChI is InChI=1S/C25H31FN4O4/c1-28-13-5-4-8-21(32)29(2)18-7-3-6-14-30-24(18)27-22(23(33)25(30)34)20(31)12-10-16-9-11-17(26)15-19(16)28/h9,11,15,18,33H,3-8,10,12-14H2,1-2H3. The predicted molar refractivity (Wildman–Crippen MR) is 126 cm³/mol. The van der Waals surface area contributed by atoms with Crippen LogP contribution in [0, 0.1) is 5.82 Å². The lowest BCUT2D eigenvalue weighted by Crippen LogP contribution is -2.36. The van der Waals surface area contributed by atoms with Gasteiger partial charge in [-0.05, 0) is 56.2 Å². The van der Waals surface area contributed by atoms with Gasteiger partial charge in [0.15, 0.2) is 11.5 Å². The topological polar surface area (TPSA) is 95.7 Å². The smallest absolute Gasteiger partial charge is 0.296 e. The summed E-state index contributed by atoms with van der Waals surface area (Å²) in [5, 5.41) is 10.6. The molecule has 4 rings (SSSR count). The second-order valence-electron chi connectivity index (χ2n) is 9.22. The summed E-state index contributed by atoms with van der Waals surface area (Å²) in [7, 11) is 3.57. The van der Waals surface area contributed by atoms with E-state index in [1.54, 1.807) is 18.0 Å². The Morgan fingerprint density at radius 2 is 1.76 bits per heavy atom. The van der Waals surface area contributed by atoms with Gasteiger partial charge in [0.25, 0.3) is 5.56 Å². The fourth-order valence-electron chi connectivity index (χ4n) is 4.90. The van der Waals surface area contributed by atoms with Crippen molar-refractivity contribution in [1.82, 2.24) is 14.5 Å². The highest BCUT2D eigenvalue weighted by molar-refractivity contribution is 5.96. The molecule has 0 spiro atoms. The second-order valence-corrected chi connectivity index (χ2v) is 9.22. The maximum absolute atomic E-state index is 14.0. The fourth-order valence-corrected chi connectivity index (χ4v) is 4.90. The molecule has 2 bridgehead atoms. The van der Waals surface area contributed by atoms with E-state index in [0.717, 1.165) is 24.8 Å². The van der Waals surface area contributed by atoms with Crippen LogP contribution in [0.2, 0.25) is 0 Å². The van der Waals surface area contributed by atoms with Crippen LogP contribution in [0.3, 0.4) is 0 Å². The zero-order chi connectivity index (χ0) is 24.4. The number of carbonyl (C=O) groups excluding carboxylic acids is 2. The Morgan fingerprint density at radius 1 is 1.00 bits per heavy atom. The van der Waals surface area contributed by atoms with Gasteiger partial charge < -0.3 is 14.9 Å². The Morgan fingerprint density at radius 3 is 2.56 bits per heavy atom. The molecular weight excluding hydrogens is 439 g/mol. The summed E-state index contributed by atoms with van der Waals surface area (Å²) in [5.74, 6) is -1.18. The lowest BCUT2D eigenvalue weighted by molar-refractivity contribution is -0.132. The number of Topliss-reactive ketones (excluding diaryl/α,β-unsaturated/α-hetero) is 1. The number of aromatic nitrogens is 2. The summed E-state index contributed by atoms with van der Waals surface area (Å²) >= 11 is 0. The van der Waals surface area contributed by atoms with Gasteiger partial charge in [-0.1, -0.05) is 6.07 Å². The minimum absolute atomic E-state index is 0.00929. The highest BCUT2D eigenvalue weighted by Crippen LogP contribution is 2.30. The number of benzene rings is 1. The summed E-state index contributed by atoms with van der Waals surface area (Å²) in [6.45, 7) is 1.03. The van der Waals surface area contributed by atoms with Crippen molar-refractivity contribution in [1.29, 1.82) is 0 Å². The minimum Gasteiger partial charge on any atom is -0.501 e. The predicted octanol–water partition coefficient (Wildman–Crippen LogP) is 3.21. The number of ketones is 1. The number of rotatable bonds is 0. The third kappa shape index (κ3) is 4.69. The van der Waals surface area contributed by atoms with Crippen LogP contribution in [0.15, 0.2) is 23.0 Å². The second kappa shape index (κ2) is 9.95. The minimum atomic E-state index is -0.652. The molecule has 2 aliphatic rings. The van der Waals surface area contributed by atoms with Crippen molar-refractivity contribution >= 4 is 17.4 Å². The molecule has 2 aromatic rings. The number of hydrogen-bond acceptors (Lipinski definition) is 6. The molecule has 0 radical (unpaired) electrons. The van der Waals surface area contributed by atoms with Crippen LogP contribution in [0.5, 0.6) is 5.75 Å².